The van der Waals surface area contributed by atoms with Crippen molar-refractivity contribution in [2.75, 3.05) is 18.8 Å². The molecule has 3 fully saturated rings. The van der Waals surface area contributed by atoms with Crippen LogP contribution in [0.15, 0.2) is 66.9 Å². The zero-order valence-corrected chi connectivity index (χ0v) is 21.7. The third-order valence-corrected chi connectivity index (χ3v) is 9.49. The van der Waals surface area contributed by atoms with Crippen LogP contribution in [-0.2, 0) is 6.54 Å². The van der Waals surface area contributed by atoms with Gasteiger partial charge in [0.1, 0.15) is 18.7 Å². The highest BCUT2D eigenvalue weighted by Gasteiger charge is 2.54. The van der Waals surface area contributed by atoms with Crippen molar-refractivity contribution in [1.82, 2.24) is 4.98 Å². The predicted molar refractivity (Wildman–Crippen MR) is 144 cm³/mol. The SMILES string of the molecule is CC(C)(C)SCC[C@H]1C[N@+]2(Cc3ccccc3)CC[C@H]1C[C@@H]2[C@H](O)c1ccnc2ccccc12. The summed E-state index contributed by atoms with van der Waals surface area (Å²) in [6.45, 7) is 10.3. The summed E-state index contributed by atoms with van der Waals surface area (Å²) >= 11 is 2.10. The van der Waals surface area contributed by atoms with Crippen molar-refractivity contribution in [3.05, 3.63) is 78.0 Å². The third kappa shape index (κ3) is 4.91. The lowest BCUT2D eigenvalue weighted by Crippen LogP contribution is -2.67. The molecule has 5 atom stereocenters. The fourth-order valence-corrected chi connectivity index (χ4v) is 7.61. The van der Waals surface area contributed by atoms with E-state index in [0.29, 0.717) is 4.75 Å². The molecule has 2 bridgehead atoms. The number of para-hydroxylation sites is 1. The first-order chi connectivity index (χ1) is 16.3. The number of benzene rings is 2. The molecule has 0 amide bonds. The highest BCUT2D eigenvalue weighted by molar-refractivity contribution is 8.00. The Bertz CT molecular complexity index is 1110. The predicted octanol–water partition coefficient (Wildman–Crippen LogP) is 6.62. The molecule has 3 aliphatic rings. The topological polar surface area (TPSA) is 33.1 Å². The normalized spacial score (nSPS) is 27.7. The van der Waals surface area contributed by atoms with E-state index in [1.54, 1.807) is 0 Å². The molecule has 2 aromatic carbocycles. The van der Waals surface area contributed by atoms with Crippen LogP contribution in [0.25, 0.3) is 10.9 Å². The van der Waals surface area contributed by atoms with Crippen LogP contribution in [0.2, 0.25) is 0 Å². The Balaban J connectivity index is 1.45. The lowest BCUT2D eigenvalue weighted by atomic mass is 9.70. The van der Waals surface area contributed by atoms with Crippen LogP contribution in [0.1, 0.15) is 57.3 Å². The first-order valence-electron chi connectivity index (χ1n) is 12.9. The van der Waals surface area contributed by atoms with Gasteiger partial charge in [0.25, 0.3) is 0 Å². The van der Waals surface area contributed by atoms with Gasteiger partial charge < -0.3 is 9.59 Å². The molecule has 0 radical (unpaired) electrons. The minimum Gasteiger partial charge on any atom is -0.382 e. The number of fused-ring (bicyclic) bond motifs is 4. The smallest absolute Gasteiger partial charge is 0.131 e. The number of pyridine rings is 1. The minimum absolute atomic E-state index is 0.233. The van der Waals surface area contributed by atoms with Crippen LogP contribution < -0.4 is 0 Å². The quantitative estimate of drug-likeness (QED) is 0.390. The molecule has 3 saturated heterocycles. The molecule has 0 aliphatic carbocycles. The molecule has 6 rings (SSSR count). The molecule has 34 heavy (non-hydrogen) atoms. The van der Waals surface area contributed by atoms with E-state index in [1.165, 1.54) is 37.2 Å². The number of nitrogens with zero attached hydrogens (tertiary/aromatic N) is 2. The highest BCUT2D eigenvalue weighted by Crippen LogP contribution is 2.49. The van der Waals surface area contributed by atoms with E-state index in [-0.39, 0.29) is 6.04 Å². The second-order valence-corrected chi connectivity index (χ2v) is 13.4. The highest BCUT2D eigenvalue weighted by atomic mass is 32.2. The van der Waals surface area contributed by atoms with E-state index in [1.807, 2.05) is 18.3 Å². The van der Waals surface area contributed by atoms with Crippen molar-refractivity contribution in [3.8, 4) is 0 Å². The monoisotopic (exact) mass is 475 g/mol. The van der Waals surface area contributed by atoms with Crippen LogP contribution in [-0.4, -0.2) is 44.2 Å². The van der Waals surface area contributed by atoms with Crippen LogP contribution in [0.3, 0.4) is 0 Å². The minimum atomic E-state index is -0.468. The van der Waals surface area contributed by atoms with Gasteiger partial charge in [-0.05, 0) is 35.8 Å². The number of thioether (sulfide) groups is 1. The number of quaternary nitrogens is 1. The molecule has 3 nitrogen and oxygen atoms in total. The second kappa shape index (κ2) is 9.64. The number of hydrogen-bond donors (Lipinski definition) is 1. The fourth-order valence-electron chi connectivity index (χ4n) is 6.57. The summed E-state index contributed by atoms with van der Waals surface area (Å²) in [7, 11) is 0. The molecular weight excluding hydrogens is 436 g/mol. The molecule has 0 saturated carbocycles. The number of piperidine rings is 3. The first-order valence-corrected chi connectivity index (χ1v) is 13.9. The van der Waals surface area contributed by atoms with E-state index in [9.17, 15) is 5.11 Å². The van der Waals surface area contributed by atoms with Gasteiger partial charge in [0.2, 0.25) is 0 Å². The Morgan fingerprint density at radius 1 is 1.06 bits per heavy atom. The van der Waals surface area contributed by atoms with Gasteiger partial charge in [-0.15, -0.1) is 0 Å². The zero-order chi connectivity index (χ0) is 23.8. The van der Waals surface area contributed by atoms with Crippen molar-refractivity contribution in [2.24, 2.45) is 11.8 Å². The van der Waals surface area contributed by atoms with E-state index >= 15 is 0 Å². The van der Waals surface area contributed by atoms with Crippen molar-refractivity contribution in [1.29, 1.82) is 0 Å². The van der Waals surface area contributed by atoms with Crippen molar-refractivity contribution in [3.63, 3.8) is 0 Å². The number of hydrogen-bond acceptors (Lipinski definition) is 3. The van der Waals surface area contributed by atoms with Gasteiger partial charge in [0.05, 0.1) is 18.6 Å². The van der Waals surface area contributed by atoms with E-state index < -0.39 is 6.10 Å². The molecule has 1 N–H and O–H groups in total. The molecule has 180 valence electrons. The Morgan fingerprint density at radius 2 is 1.82 bits per heavy atom. The molecule has 4 heteroatoms. The number of rotatable bonds is 7. The Kier molecular flexibility index (Phi) is 6.76. The van der Waals surface area contributed by atoms with Crippen molar-refractivity contribution < 1.29 is 9.59 Å². The van der Waals surface area contributed by atoms with Crippen LogP contribution in [0.4, 0.5) is 0 Å². The van der Waals surface area contributed by atoms with Gasteiger partial charge in [0, 0.05) is 40.7 Å². The lowest BCUT2D eigenvalue weighted by molar-refractivity contribution is -0.985. The summed E-state index contributed by atoms with van der Waals surface area (Å²) in [5.41, 5.74) is 3.41. The Hall–Kier alpha value is -1.88. The first kappa shape index (κ1) is 23.8. The summed E-state index contributed by atoms with van der Waals surface area (Å²) < 4.78 is 1.34. The summed E-state index contributed by atoms with van der Waals surface area (Å²) in [6, 6.07) is 21.5. The summed E-state index contributed by atoms with van der Waals surface area (Å²) in [5, 5.41) is 13.0. The van der Waals surface area contributed by atoms with Crippen LogP contribution in [0.5, 0.6) is 0 Å². The van der Waals surface area contributed by atoms with Gasteiger partial charge in [-0.25, -0.2) is 0 Å². The largest absolute Gasteiger partial charge is 0.382 e. The van der Waals surface area contributed by atoms with E-state index in [0.717, 1.165) is 45.8 Å². The molecule has 3 aromatic rings. The maximum Gasteiger partial charge on any atom is 0.131 e. The summed E-state index contributed by atoms with van der Waals surface area (Å²) in [6.07, 6.45) is 5.10. The average molecular weight is 476 g/mol. The van der Waals surface area contributed by atoms with Crippen LogP contribution >= 0.6 is 11.8 Å². The maximum atomic E-state index is 11.9. The van der Waals surface area contributed by atoms with Gasteiger partial charge in [-0.3, -0.25) is 4.98 Å². The maximum absolute atomic E-state index is 11.9. The zero-order valence-electron chi connectivity index (χ0n) is 20.9. The van der Waals surface area contributed by atoms with E-state index in [2.05, 4.69) is 86.0 Å². The number of aromatic nitrogens is 1. The van der Waals surface area contributed by atoms with E-state index in [4.69, 9.17) is 0 Å². The van der Waals surface area contributed by atoms with Crippen molar-refractivity contribution in [2.45, 2.75) is 63.5 Å². The molecule has 4 heterocycles. The average Bonchev–Trinajstić information content (AvgIpc) is 2.83. The lowest BCUT2D eigenvalue weighted by Gasteiger charge is -2.58. The number of aliphatic hydroxyl groups excluding tert-OH is 1. The molecule has 0 unspecified atom stereocenters. The summed E-state index contributed by atoms with van der Waals surface area (Å²) in [4.78, 5) is 4.55. The van der Waals surface area contributed by atoms with Gasteiger partial charge in [-0.1, -0.05) is 69.3 Å². The second-order valence-electron chi connectivity index (χ2n) is 11.5. The standard InChI is InChI=1S/C30H39N2OS/c1-30(2,3)34-18-15-24-21-32(20-22-9-5-4-6-10-22)17-14-23(24)19-28(32)29(33)26-13-16-31-27-12-8-7-11-25(26)27/h4-13,16,23-24,28-29,33H,14-15,17-21H2,1-3H3/q+1/t23-,24-,28+,29+,32+/m0/s1. The third-order valence-electron chi connectivity index (χ3n) is 8.19. The summed E-state index contributed by atoms with van der Waals surface area (Å²) in [5.74, 6) is 2.71. The molecule has 1 aromatic heterocycles. The van der Waals surface area contributed by atoms with Gasteiger partial charge in [-0.2, -0.15) is 11.8 Å². The van der Waals surface area contributed by atoms with Crippen LogP contribution in [0, 0.1) is 11.8 Å². The Morgan fingerprint density at radius 3 is 2.62 bits per heavy atom. The van der Waals surface area contributed by atoms with Crippen molar-refractivity contribution >= 4 is 22.7 Å². The van der Waals surface area contributed by atoms with Gasteiger partial charge >= 0.3 is 0 Å². The fraction of sp³-hybridized carbons (Fsp3) is 0.500. The molecular formula is C30H39N2OS+. The molecule has 3 aliphatic heterocycles. The number of aliphatic hydroxyl groups is 1. The van der Waals surface area contributed by atoms with Gasteiger partial charge in [0.15, 0.2) is 0 Å². The molecule has 0 spiro atoms. The Labute approximate surface area is 209 Å².